The SMILES string of the molecule is CCNC(=NCc1ccc(OC)c(OC)c1OC)Nc1ccc(OCC)c(OC)c1.I. The normalized spacial score (nSPS) is 10.6. The van der Waals surface area contributed by atoms with E-state index in [2.05, 4.69) is 15.6 Å². The summed E-state index contributed by atoms with van der Waals surface area (Å²) >= 11 is 0. The molecule has 0 aliphatic carbocycles. The number of guanidine groups is 1. The number of aliphatic imine (C=N–C) groups is 1. The zero-order chi connectivity index (χ0) is 21.9. The molecule has 2 aromatic rings. The number of benzene rings is 2. The standard InChI is InChI=1S/C22H31N3O5.HI/c1-7-23-22(25-16-10-12-17(30-8-2)19(13-16)27-4)24-14-15-9-11-18(26-3)21(29-6)20(15)28-5;/h9-13H,7-8,14H2,1-6H3,(H2,23,24,25);1H. The van der Waals surface area contributed by atoms with Crippen LogP contribution >= 0.6 is 24.0 Å². The third-order valence-electron chi connectivity index (χ3n) is 4.26. The van der Waals surface area contributed by atoms with Crippen LogP contribution in [0.25, 0.3) is 0 Å². The minimum atomic E-state index is 0. The van der Waals surface area contributed by atoms with Crippen LogP contribution in [-0.2, 0) is 6.54 Å². The monoisotopic (exact) mass is 545 g/mol. The molecule has 0 unspecified atom stereocenters. The van der Waals surface area contributed by atoms with Gasteiger partial charge in [0.1, 0.15) is 0 Å². The van der Waals surface area contributed by atoms with Gasteiger partial charge in [-0.1, -0.05) is 0 Å². The van der Waals surface area contributed by atoms with E-state index in [0.29, 0.717) is 54.4 Å². The molecular weight excluding hydrogens is 513 g/mol. The third-order valence-corrected chi connectivity index (χ3v) is 4.26. The number of ether oxygens (including phenoxy) is 5. The minimum absolute atomic E-state index is 0. The van der Waals surface area contributed by atoms with Gasteiger partial charge in [-0.3, -0.25) is 0 Å². The van der Waals surface area contributed by atoms with Crippen molar-refractivity contribution in [3.05, 3.63) is 35.9 Å². The van der Waals surface area contributed by atoms with Gasteiger partial charge in [0, 0.05) is 23.9 Å². The number of rotatable bonds is 10. The van der Waals surface area contributed by atoms with Crippen LogP contribution in [-0.4, -0.2) is 47.6 Å². The van der Waals surface area contributed by atoms with Gasteiger partial charge in [0.2, 0.25) is 5.75 Å². The molecule has 2 rings (SSSR count). The molecule has 8 nitrogen and oxygen atoms in total. The van der Waals surface area contributed by atoms with Gasteiger partial charge in [-0.2, -0.15) is 0 Å². The Kier molecular flexibility index (Phi) is 11.7. The average molecular weight is 545 g/mol. The lowest BCUT2D eigenvalue weighted by atomic mass is 10.1. The van der Waals surface area contributed by atoms with E-state index in [1.165, 1.54) is 0 Å². The van der Waals surface area contributed by atoms with Crippen molar-refractivity contribution < 1.29 is 23.7 Å². The maximum Gasteiger partial charge on any atom is 0.203 e. The summed E-state index contributed by atoms with van der Waals surface area (Å²) in [4.78, 5) is 4.68. The molecule has 0 saturated carbocycles. The Bertz CT molecular complexity index is 861. The Morgan fingerprint density at radius 3 is 2.10 bits per heavy atom. The zero-order valence-electron chi connectivity index (χ0n) is 18.9. The van der Waals surface area contributed by atoms with Crippen LogP contribution in [0.4, 0.5) is 5.69 Å². The van der Waals surface area contributed by atoms with Gasteiger partial charge in [0.05, 0.1) is 41.6 Å². The summed E-state index contributed by atoms with van der Waals surface area (Å²) in [5.74, 6) is 3.72. The largest absolute Gasteiger partial charge is 0.493 e. The van der Waals surface area contributed by atoms with Gasteiger partial charge in [-0.15, -0.1) is 24.0 Å². The van der Waals surface area contributed by atoms with Crippen molar-refractivity contribution in [2.45, 2.75) is 20.4 Å². The van der Waals surface area contributed by atoms with E-state index in [9.17, 15) is 0 Å². The van der Waals surface area contributed by atoms with Gasteiger partial charge in [0.15, 0.2) is 29.0 Å². The molecule has 2 aromatic carbocycles. The van der Waals surface area contributed by atoms with Crippen LogP contribution in [0.3, 0.4) is 0 Å². The summed E-state index contributed by atoms with van der Waals surface area (Å²) in [6, 6.07) is 9.40. The maximum absolute atomic E-state index is 5.57. The van der Waals surface area contributed by atoms with Crippen LogP contribution in [0.2, 0.25) is 0 Å². The minimum Gasteiger partial charge on any atom is -0.493 e. The van der Waals surface area contributed by atoms with Crippen LogP contribution < -0.4 is 34.3 Å². The molecule has 0 amide bonds. The lowest BCUT2D eigenvalue weighted by Crippen LogP contribution is -2.30. The second kappa shape index (κ2) is 13.7. The number of methoxy groups -OCH3 is 4. The van der Waals surface area contributed by atoms with E-state index in [1.54, 1.807) is 28.4 Å². The molecule has 0 bridgehead atoms. The molecule has 31 heavy (non-hydrogen) atoms. The smallest absolute Gasteiger partial charge is 0.203 e. The van der Waals surface area contributed by atoms with Crippen LogP contribution in [0, 0.1) is 0 Å². The highest BCUT2D eigenvalue weighted by molar-refractivity contribution is 14.0. The summed E-state index contributed by atoms with van der Waals surface area (Å²) in [5, 5.41) is 6.53. The fraction of sp³-hybridized carbons (Fsp3) is 0.409. The topological polar surface area (TPSA) is 82.6 Å². The first-order valence-corrected chi connectivity index (χ1v) is 9.75. The van der Waals surface area contributed by atoms with E-state index >= 15 is 0 Å². The second-order valence-corrected chi connectivity index (χ2v) is 6.11. The number of hydrogen-bond acceptors (Lipinski definition) is 6. The highest BCUT2D eigenvalue weighted by Gasteiger charge is 2.15. The fourth-order valence-corrected chi connectivity index (χ4v) is 2.92. The first-order chi connectivity index (χ1) is 14.6. The number of hydrogen-bond donors (Lipinski definition) is 2. The van der Waals surface area contributed by atoms with Crippen molar-refractivity contribution >= 4 is 35.6 Å². The maximum atomic E-state index is 5.57. The van der Waals surface area contributed by atoms with E-state index in [0.717, 1.165) is 11.3 Å². The Morgan fingerprint density at radius 1 is 0.839 bits per heavy atom. The van der Waals surface area contributed by atoms with Gasteiger partial charge >= 0.3 is 0 Å². The van der Waals surface area contributed by atoms with Crippen molar-refractivity contribution in [1.29, 1.82) is 0 Å². The Labute approximate surface area is 201 Å². The summed E-state index contributed by atoms with van der Waals surface area (Å²) in [5.41, 5.74) is 1.70. The van der Waals surface area contributed by atoms with E-state index in [4.69, 9.17) is 23.7 Å². The summed E-state index contributed by atoms with van der Waals surface area (Å²) < 4.78 is 27.3. The van der Waals surface area contributed by atoms with Crippen molar-refractivity contribution in [3.8, 4) is 28.7 Å². The molecule has 2 N–H and O–H groups in total. The number of nitrogens with zero attached hydrogens (tertiary/aromatic N) is 1. The summed E-state index contributed by atoms with van der Waals surface area (Å²) in [6.07, 6.45) is 0. The average Bonchev–Trinajstić information content (AvgIpc) is 2.77. The van der Waals surface area contributed by atoms with E-state index < -0.39 is 0 Å². The quantitative estimate of drug-likeness (QED) is 0.262. The molecule has 0 aliphatic heterocycles. The summed E-state index contributed by atoms with van der Waals surface area (Å²) in [7, 11) is 6.39. The Balaban J connectivity index is 0.00000480. The van der Waals surface area contributed by atoms with E-state index in [1.807, 2.05) is 44.2 Å². The summed E-state index contributed by atoms with van der Waals surface area (Å²) in [6.45, 7) is 5.60. The van der Waals surface area contributed by atoms with Gasteiger partial charge in [-0.25, -0.2) is 4.99 Å². The molecule has 0 aliphatic rings. The first kappa shape index (κ1) is 26.5. The Hall–Kier alpha value is -2.56. The lowest BCUT2D eigenvalue weighted by Gasteiger charge is -2.16. The highest BCUT2D eigenvalue weighted by atomic mass is 127. The van der Waals surface area contributed by atoms with Crippen LogP contribution in [0.5, 0.6) is 28.7 Å². The molecule has 0 spiro atoms. The van der Waals surface area contributed by atoms with Gasteiger partial charge < -0.3 is 34.3 Å². The lowest BCUT2D eigenvalue weighted by molar-refractivity contribution is 0.311. The molecule has 9 heteroatoms. The highest BCUT2D eigenvalue weighted by Crippen LogP contribution is 2.40. The molecule has 0 radical (unpaired) electrons. The van der Waals surface area contributed by atoms with Crippen molar-refractivity contribution in [3.63, 3.8) is 0 Å². The van der Waals surface area contributed by atoms with Crippen molar-refractivity contribution in [2.75, 3.05) is 46.9 Å². The predicted molar refractivity (Wildman–Crippen MR) is 134 cm³/mol. The molecule has 0 heterocycles. The molecule has 0 atom stereocenters. The molecule has 0 aromatic heterocycles. The van der Waals surface area contributed by atoms with Crippen LogP contribution in [0.15, 0.2) is 35.3 Å². The van der Waals surface area contributed by atoms with Crippen LogP contribution in [0.1, 0.15) is 19.4 Å². The van der Waals surface area contributed by atoms with Gasteiger partial charge in [-0.05, 0) is 38.1 Å². The molecule has 172 valence electrons. The molecule has 0 fully saturated rings. The van der Waals surface area contributed by atoms with Crippen molar-refractivity contribution in [1.82, 2.24) is 5.32 Å². The predicted octanol–water partition coefficient (Wildman–Crippen LogP) is 4.32. The molecule has 0 saturated heterocycles. The molecular formula is C22H32IN3O5. The number of halogens is 1. The number of nitrogens with one attached hydrogen (secondary N) is 2. The first-order valence-electron chi connectivity index (χ1n) is 9.75. The van der Waals surface area contributed by atoms with E-state index in [-0.39, 0.29) is 24.0 Å². The third kappa shape index (κ3) is 6.98. The van der Waals surface area contributed by atoms with Gasteiger partial charge in [0.25, 0.3) is 0 Å². The Morgan fingerprint density at radius 2 is 1.52 bits per heavy atom. The fourth-order valence-electron chi connectivity index (χ4n) is 2.92. The number of anilines is 1. The van der Waals surface area contributed by atoms with Crippen molar-refractivity contribution in [2.24, 2.45) is 4.99 Å². The zero-order valence-corrected chi connectivity index (χ0v) is 21.2. The second-order valence-electron chi connectivity index (χ2n) is 6.11.